The van der Waals surface area contributed by atoms with Crippen molar-refractivity contribution in [2.45, 2.75) is 25.8 Å². The quantitative estimate of drug-likeness (QED) is 0.548. The summed E-state index contributed by atoms with van der Waals surface area (Å²) in [5.41, 5.74) is 2.43. The Bertz CT molecular complexity index is 957. The van der Waals surface area contributed by atoms with Crippen LogP contribution in [0.3, 0.4) is 0 Å². The summed E-state index contributed by atoms with van der Waals surface area (Å²) in [7, 11) is 0. The zero-order chi connectivity index (χ0) is 20.5. The molecular formula is C23H20F4O2. The molecule has 2 nitrogen and oxygen atoms in total. The molecule has 0 N–H and O–H groups in total. The van der Waals surface area contributed by atoms with E-state index in [2.05, 4.69) is 6.92 Å². The van der Waals surface area contributed by atoms with Crippen molar-refractivity contribution in [3.8, 4) is 11.1 Å². The smallest absolute Gasteiger partial charge is 0.183 e. The maximum absolute atomic E-state index is 14.6. The van der Waals surface area contributed by atoms with E-state index in [1.807, 2.05) is 24.3 Å². The third-order valence-corrected chi connectivity index (χ3v) is 5.10. The second kappa shape index (κ2) is 8.13. The van der Waals surface area contributed by atoms with E-state index in [9.17, 15) is 17.6 Å². The van der Waals surface area contributed by atoms with Crippen molar-refractivity contribution >= 4 is 5.57 Å². The molecule has 1 atom stereocenters. The lowest BCUT2D eigenvalue weighted by atomic mass is 9.93. The Kier molecular flexibility index (Phi) is 5.56. The van der Waals surface area contributed by atoms with Crippen LogP contribution in [-0.2, 0) is 9.47 Å². The molecule has 2 aliphatic rings. The molecule has 152 valence electrons. The van der Waals surface area contributed by atoms with E-state index in [1.165, 1.54) is 12.1 Å². The van der Waals surface area contributed by atoms with Crippen molar-refractivity contribution < 1.29 is 27.0 Å². The van der Waals surface area contributed by atoms with E-state index >= 15 is 0 Å². The van der Waals surface area contributed by atoms with Gasteiger partial charge < -0.3 is 9.47 Å². The maximum Gasteiger partial charge on any atom is 0.183 e. The largest absolute Gasteiger partial charge is 0.348 e. The Morgan fingerprint density at radius 3 is 2.17 bits per heavy atom. The number of halogens is 4. The third-order valence-electron chi connectivity index (χ3n) is 5.10. The predicted molar refractivity (Wildman–Crippen MR) is 102 cm³/mol. The molecule has 2 aromatic carbocycles. The van der Waals surface area contributed by atoms with E-state index in [0.29, 0.717) is 24.7 Å². The van der Waals surface area contributed by atoms with E-state index in [0.717, 1.165) is 17.2 Å². The fraction of sp³-hybridized carbons (Fsp3) is 0.304. The molecule has 1 heterocycles. The van der Waals surface area contributed by atoms with E-state index in [4.69, 9.17) is 9.47 Å². The van der Waals surface area contributed by atoms with Crippen molar-refractivity contribution in [3.05, 3.63) is 77.1 Å². The monoisotopic (exact) mass is 404 g/mol. The Balaban J connectivity index is 1.55. The molecule has 0 saturated carbocycles. The lowest BCUT2D eigenvalue weighted by molar-refractivity contribution is -0.202. The summed E-state index contributed by atoms with van der Waals surface area (Å²) < 4.78 is 66.3. The maximum atomic E-state index is 14.6. The van der Waals surface area contributed by atoms with Gasteiger partial charge in [0, 0.05) is 23.5 Å². The Morgan fingerprint density at radius 1 is 0.897 bits per heavy atom. The summed E-state index contributed by atoms with van der Waals surface area (Å²) in [6, 6.07) is 11.8. The number of hydrogen-bond donors (Lipinski definition) is 0. The molecule has 0 amide bonds. The van der Waals surface area contributed by atoms with Gasteiger partial charge >= 0.3 is 0 Å². The van der Waals surface area contributed by atoms with Crippen LogP contribution in [0.25, 0.3) is 16.7 Å². The molecule has 6 heteroatoms. The van der Waals surface area contributed by atoms with Crippen molar-refractivity contribution in [2.24, 2.45) is 5.92 Å². The zero-order valence-corrected chi connectivity index (χ0v) is 15.8. The van der Waals surface area contributed by atoms with Gasteiger partial charge in [0.2, 0.25) is 0 Å². The van der Waals surface area contributed by atoms with Crippen LogP contribution in [-0.4, -0.2) is 19.4 Å². The molecule has 1 aliphatic carbocycles. The number of alkyl halides is 1. The van der Waals surface area contributed by atoms with Gasteiger partial charge in [0.05, 0.1) is 13.2 Å². The van der Waals surface area contributed by atoms with Crippen LogP contribution in [0.4, 0.5) is 17.6 Å². The normalized spacial score (nSPS) is 25.1. The summed E-state index contributed by atoms with van der Waals surface area (Å²) in [6.07, 6.45) is -2.04. The van der Waals surface area contributed by atoms with Gasteiger partial charge in [-0.2, -0.15) is 0 Å². The van der Waals surface area contributed by atoms with E-state index in [1.54, 1.807) is 6.07 Å². The molecule has 1 aliphatic heterocycles. The number of allylic oxidation sites excluding steroid dienone is 4. The van der Waals surface area contributed by atoms with Crippen LogP contribution in [0.5, 0.6) is 0 Å². The second-order valence-corrected chi connectivity index (χ2v) is 7.46. The molecule has 4 rings (SSSR count). The minimum atomic E-state index is -2.09. The summed E-state index contributed by atoms with van der Waals surface area (Å²) in [6.45, 7) is 3.32. The lowest BCUT2D eigenvalue weighted by Gasteiger charge is -2.27. The standard InChI is InChI=1S/C23H20F4O2/c1-13-11-28-23(29-12-13)15-4-2-14(3-5-15)16-6-7-18(19(24)8-16)17-9-20(25)22(27)21(26)10-17/h2-9,13,21,23H,10-12H2,1H3. The van der Waals surface area contributed by atoms with Crippen LogP contribution in [0, 0.1) is 11.7 Å². The summed E-state index contributed by atoms with van der Waals surface area (Å²) in [5, 5.41) is 0. The van der Waals surface area contributed by atoms with Gasteiger partial charge in [-0.15, -0.1) is 0 Å². The first-order chi connectivity index (χ1) is 13.9. The van der Waals surface area contributed by atoms with Gasteiger partial charge in [0.1, 0.15) is 5.82 Å². The average molecular weight is 404 g/mol. The molecule has 0 radical (unpaired) electrons. The minimum Gasteiger partial charge on any atom is -0.348 e. The molecule has 1 saturated heterocycles. The Hall–Kier alpha value is -2.44. The minimum absolute atomic E-state index is 0.0637. The molecule has 1 fully saturated rings. The molecule has 29 heavy (non-hydrogen) atoms. The third kappa shape index (κ3) is 4.14. The zero-order valence-electron chi connectivity index (χ0n) is 15.8. The highest BCUT2D eigenvalue weighted by Crippen LogP contribution is 2.36. The highest BCUT2D eigenvalue weighted by Gasteiger charge is 2.26. The molecule has 0 spiro atoms. The SMILES string of the molecule is CC1COC(c2ccc(-c3ccc(C4=CC(F)=C(F)C(F)C4)c(F)c3)cc2)OC1. The van der Waals surface area contributed by atoms with Crippen LogP contribution in [0.2, 0.25) is 0 Å². The lowest BCUT2D eigenvalue weighted by Crippen LogP contribution is -2.24. The van der Waals surface area contributed by atoms with Crippen molar-refractivity contribution in [1.29, 1.82) is 0 Å². The Labute approximate surface area is 166 Å². The van der Waals surface area contributed by atoms with Crippen LogP contribution < -0.4 is 0 Å². The van der Waals surface area contributed by atoms with Crippen molar-refractivity contribution in [1.82, 2.24) is 0 Å². The fourth-order valence-corrected chi connectivity index (χ4v) is 3.48. The average Bonchev–Trinajstić information content (AvgIpc) is 2.72. The summed E-state index contributed by atoms with van der Waals surface area (Å²) in [4.78, 5) is 0. The highest BCUT2D eigenvalue weighted by molar-refractivity contribution is 5.74. The first-order valence-corrected chi connectivity index (χ1v) is 9.45. The topological polar surface area (TPSA) is 18.5 Å². The summed E-state index contributed by atoms with van der Waals surface area (Å²) in [5.74, 6) is -2.99. The van der Waals surface area contributed by atoms with Crippen molar-refractivity contribution in [3.63, 3.8) is 0 Å². The van der Waals surface area contributed by atoms with Crippen LogP contribution in [0.1, 0.15) is 30.8 Å². The molecule has 0 aromatic heterocycles. The highest BCUT2D eigenvalue weighted by atomic mass is 19.2. The number of ether oxygens (including phenoxy) is 2. The van der Waals surface area contributed by atoms with Gasteiger partial charge in [-0.25, -0.2) is 17.6 Å². The van der Waals surface area contributed by atoms with Gasteiger partial charge in [0.25, 0.3) is 0 Å². The van der Waals surface area contributed by atoms with Crippen LogP contribution in [0.15, 0.2) is 60.2 Å². The number of rotatable bonds is 3. The van der Waals surface area contributed by atoms with Gasteiger partial charge in [0.15, 0.2) is 24.1 Å². The van der Waals surface area contributed by atoms with Gasteiger partial charge in [-0.3, -0.25) is 0 Å². The molecule has 2 aromatic rings. The summed E-state index contributed by atoms with van der Waals surface area (Å²) >= 11 is 0. The Morgan fingerprint density at radius 2 is 1.55 bits per heavy atom. The fourth-order valence-electron chi connectivity index (χ4n) is 3.48. The molecular weight excluding hydrogens is 384 g/mol. The first-order valence-electron chi connectivity index (χ1n) is 9.45. The first kappa shape index (κ1) is 19.9. The number of benzene rings is 2. The predicted octanol–water partition coefficient (Wildman–Crippen LogP) is 6.45. The van der Waals surface area contributed by atoms with E-state index < -0.39 is 36.4 Å². The van der Waals surface area contributed by atoms with E-state index in [-0.39, 0.29) is 11.1 Å². The second-order valence-electron chi connectivity index (χ2n) is 7.46. The molecule has 1 unspecified atom stereocenters. The number of hydrogen-bond acceptors (Lipinski definition) is 2. The van der Waals surface area contributed by atoms with Crippen molar-refractivity contribution in [2.75, 3.05) is 13.2 Å². The van der Waals surface area contributed by atoms with Gasteiger partial charge in [-0.1, -0.05) is 43.3 Å². The molecule has 0 bridgehead atoms. The van der Waals surface area contributed by atoms with Crippen LogP contribution >= 0.6 is 0 Å². The van der Waals surface area contributed by atoms with Gasteiger partial charge in [-0.05, 0) is 28.8 Å².